The highest BCUT2D eigenvalue weighted by Crippen LogP contribution is 2.31. The van der Waals surface area contributed by atoms with Crippen LogP contribution < -0.4 is 10.3 Å². The Morgan fingerprint density at radius 1 is 1.11 bits per heavy atom. The number of hydrogen-bond acceptors (Lipinski definition) is 7. The van der Waals surface area contributed by atoms with E-state index in [2.05, 4.69) is 4.90 Å². The second-order valence-corrected chi connectivity index (χ2v) is 10.4. The lowest BCUT2D eigenvalue weighted by atomic mass is 9.87. The highest BCUT2D eigenvalue weighted by Gasteiger charge is 2.36. The summed E-state index contributed by atoms with van der Waals surface area (Å²) < 4.78 is 18.4. The summed E-state index contributed by atoms with van der Waals surface area (Å²) in [6, 6.07) is 1.39. The van der Waals surface area contributed by atoms with Gasteiger partial charge in [0.25, 0.3) is 5.56 Å². The summed E-state index contributed by atoms with van der Waals surface area (Å²) in [5.74, 6) is -0.242. The monoisotopic (exact) mass is 489 g/mol. The zero-order valence-corrected chi connectivity index (χ0v) is 21.3. The van der Waals surface area contributed by atoms with E-state index in [-0.39, 0.29) is 28.7 Å². The van der Waals surface area contributed by atoms with Crippen LogP contribution in [0.4, 0.5) is 0 Å². The molecule has 1 aromatic rings. The molecule has 3 aliphatic rings. The van der Waals surface area contributed by atoms with Crippen molar-refractivity contribution in [1.29, 1.82) is 0 Å². The number of methoxy groups -OCH3 is 1. The molecule has 1 atom stereocenters. The number of ether oxygens (including phenoxy) is 3. The Morgan fingerprint density at radius 3 is 2.60 bits per heavy atom. The number of aromatic nitrogens is 1. The number of amides is 1. The van der Waals surface area contributed by atoms with Crippen LogP contribution in [0.2, 0.25) is 0 Å². The van der Waals surface area contributed by atoms with Crippen LogP contribution in [0.3, 0.4) is 0 Å². The van der Waals surface area contributed by atoms with Crippen molar-refractivity contribution in [3.63, 3.8) is 0 Å². The van der Waals surface area contributed by atoms with Gasteiger partial charge in [0.1, 0.15) is 17.9 Å². The highest BCUT2D eigenvalue weighted by atomic mass is 16.5. The molecule has 0 N–H and O–H groups in total. The van der Waals surface area contributed by atoms with Gasteiger partial charge in [-0.15, -0.1) is 0 Å². The first-order chi connectivity index (χ1) is 16.8. The summed E-state index contributed by atoms with van der Waals surface area (Å²) in [6.07, 6.45) is 5.41. The molecule has 2 saturated heterocycles. The third kappa shape index (κ3) is 6.06. The number of fused-ring (bicyclic) bond motifs is 1. The quantitative estimate of drug-likeness (QED) is 0.565. The second kappa shape index (κ2) is 11.1. The van der Waals surface area contributed by atoms with Gasteiger partial charge < -0.3 is 23.7 Å². The van der Waals surface area contributed by atoms with E-state index >= 15 is 0 Å². The van der Waals surface area contributed by atoms with Crippen molar-refractivity contribution < 1.29 is 23.8 Å². The number of pyridine rings is 1. The first-order valence-corrected chi connectivity index (χ1v) is 12.9. The molecule has 3 aliphatic heterocycles. The first kappa shape index (κ1) is 25.7. The molecule has 4 rings (SSSR count). The van der Waals surface area contributed by atoms with Crippen LogP contribution >= 0.6 is 0 Å². The summed E-state index contributed by atoms with van der Waals surface area (Å²) in [7, 11) is 1.33. The number of carbonyl (C=O) groups excluding carboxylic acids is 2. The van der Waals surface area contributed by atoms with Gasteiger partial charge in [0.15, 0.2) is 0 Å². The molecule has 2 fully saturated rings. The Balaban J connectivity index is 1.51. The van der Waals surface area contributed by atoms with Gasteiger partial charge >= 0.3 is 5.97 Å². The van der Waals surface area contributed by atoms with E-state index < -0.39 is 5.97 Å². The molecule has 0 saturated carbocycles. The standard InChI is InChI=1S/C26H39N3O6/c1-26(2)18-19(8-15-35-26)24(31)28-11-7-20-23(25(32)33-3)21(17-22(30)29(20)13-12-28)34-16-14-27-9-5-4-6-10-27/h17,19H,4-16,18H2,1-3H3. The molecule has 0 aromatic carbocycles. The third-order valence-electron chi connectivity index (χ3n) is 7.45. The molecule has 9 nitrogen and oxygen atoms in total. The Morgan fingerprint density at radius 2 is 1.89 bits per heavy atom. The normalized spacial score (nSPS) is 22.7. The Labute approximate surface area is 207 Å². The molecular formula is C26H39N3O6. The average molecular weight is 490 g/mol. The molecule has 0 aliphatic carbocycles. The van der Waals surface area contributed by atoms with Gasteiger partial charge in [-0.3, -0.25) is 14.5 Å². The smallest absolute Gasteiger partial charge is 0.343 e. The lowest BCUT2D eigenvalue weighted by molar-refractivity contribution is -0.145. The second-order valence-electron chi connectivity index (χ2n) is 10.4. The lowest BCUT2D eigenvalue weighted by Crippen LogP contribution is -2.44. The van der Waals surface area contributed by atoms with E-state index in [1.807, 2.05) is 18.7 Å². The van der Waals surface area contributed by atoms with Crippen LogP contribution in [-0.4, -0.2) is 84.9 Å². The zero-order chi connectivity index (χ0) is 25.0. The van der Waals surface area contributed by atoms with Crippen LogP contribution in [0.5, 0.6) is 5.75 Å². The number of likely N-dealkylation sites (tertiary alicyclic amines) is 1. The molecular weight excluding hydrogens is 450 g/mol. The number of piperidine rings is 1. The van der Waals surface area contributed by atoms with Gasteiger partial charge in [0.05, 0.1) is 12.7 Å². The van der Waals surface area contributed by atoms with Crippen molar-refractivity contribution in [3.05, 3.63) is 27.7 Å². The summed E-state index contributed by atoms with van der Waals surface area (Å²) in [5.41, 5.74) is 0.345. The lowest BCUT2D eigenvalue weighted by Gasteiger charge is -2.36. The molecule has 1 amide bonds. The maximum Gasteiger partial charge on any atom is 0.343 e. The Bertz CT molecular complexity index is 982. The van der Waals surface area contributed by atoms with Gasteiger partial charge in [-0.25, -0.2) is 4.79 Å². The van der Waals surface area contributed by atoms with Crippen LogP contribution in [0.15, 0.2) is 10.9 Å². The molecule has 194 valence electrons. The largest absolute Gasteiger partial charge is 0.491 e. The molecule has 9 heteroatoms. The van der Waals surface area contributed by atoms with Crippen LogP contribution in [0.25, 0.3) is 0 Å². The minimum Gasteiger partial charge on any atom is -0.491 e. The van der Waals surface area contributed by atoms with Crippen LogP contribution in [0, 0.1) is 5.92 Å². The summed E-state index contributed by atoms with van der Waals surface area (Å²) in [6.45, 7) is 9.06. The number of esters is 1. The average Bonchev–Trinajstić information content (AvgIpc) is 3.07. The van der Waals surface area contributed by atoms with Crippen molar-refractivity contribution in [2.24, 2.45) is 5.92 Å². The van der Waals surface area contributed by atoms with Crippen molar-refractivity contribution in [2.75, 3.05) is 53.0 Å². The fourth-order valence-corrected chi connectivity index (χ4v) is 5.57. The molecule has 1 aromatic heterocycles. The molecule has 1 unspecified atom stereocenters. The van der Waals surface area contributed by atoms with Gasteiger partial charge in [-0.05, 0) is 52.6 Å². The fourth-order valence-electron chi connectivity index (χ4n) is 5.57. The SMILES string of the molecule is COC(=O)c1c(OCCN2CCCCC2)cc(=O)n2c1CCN(C(=O)C1CCOC(C)(C)C1)CC2. The van der Waals surface area contributed by atoms with E-state index in [1.54, 1.807) is 4.57 Å². The Hall–Kier alpha value is -2.39. The topological polar surface area (TPSA) is 90.3 Å². The minimum atomic E-state index is -0.521. The predicted octanol–water partition coefficient (Wildman–Crippen LogP) is 2.09. The maximum atomic E-state index is 13.3. The highest BCUT2D eigenvalue weighted by molar-refractivity contribution is 5.93. The Kier molecular flexibility index (Phi) is 8.16. The van der Waals surface area contributed by atoms with E-state index in [9.17, 15) is 14.4 Å². The molecule has 0 radical (unpaired) electrons. The van der Waals surface area contributed by atoms with Crippen LogP contribution in [-0.2, 0) is 27.2 Å². The first-order valence-electron chi connectivity index (χ1n) is 12.9. The summed E-state index contributed by atoms with van der Waals surface area (Å²) >= 11 is 0. The van der Waals surface area contributed by atoms with Crippen molar-refractivity contribution in [1.82, 2.24) is 14.4 Å². The molecule has 0 spiro atoms. The van der Waals surface area contributed by atoms with E-state index in [4.69, 9.17) is 14.2 Å². The van der Waals surface area contributed by atoms with Gasteiger partial charge in [-0.2, -0.15) is 0 Å². The van der Waals surface area contributed by atoms with Crippen molar-refractivity contribution in [3.8, 4) is 5.75 Å². The van der Waals surface area contributed by atoms with Crippen molar-refractivity contribution in [2.45, 2.75) is 64.5 Å². The third-order valence-corrected chi connectivity index (χ3v) is 7.45. The number of nitrogens with zero attached hydrogens (tertiary/aromatic N) is 3. The summed E-state index contributed by atoms with van der Waals surface area (Å²) in [4.78, 5) is 43.3. The van der Waals surface area contributed by atoms with Crippen molar-refractivity contribution >= 4 is 11.9 Å². The summed E-state index contributed by atoms with van der Waals surface area (Å²) in [5, 5.41) is 0. The van der Waals surface area contributed by atoms with Gasteiger partial charge in [0.2, 0.25) is 5.91 Å². The van der Waals surface area contributed by atoms with Gasteiger partial charge in [0, 0.05) is 56.9 Å². The molecule has 35 heavy (non-hydrogen) atoms. The van der Waals surface area contributed by atoms with E-state index in [0.29, 0.717) is 63.4 Å². The number of hydrogen-bond donors (Lipinski definition) is 0. The van der Waals surface area contributed by atoms with Gasteiger partial charge in [-0.1, -0.05) is 6.42 Å². The van der Waals surface area contributed by atoms with E-state index in [1.165, 1.54) is 32.4 Å². The number of carbonyl (C=O) groups is 2. The van der Waals surface area contributed by atoms with Crippen LogP contribution in [0.1, 0.15) is 62.0 Å². The molecule has 0 bridgehead atoms. The minimum absolute atomic E-state index is 0.0922. The van der Waals surface area contributed by atoms with E-state index in [0.717, 1.165) is 19.6 Å². The fraction of sp³-hybridized carbons (Fsp3) is 0.731. The maximum absolute atomic E-state index is 13.3. The molecule has 4 heterocycles. The zero-order valence-electron chi connectivity index (χ0n) is 21.3. The predicted molar refractivity (Wildman–Crippen MR) is 131 cm³/mol. The number of rotatable bonds is 6.